The third-order valence-corrected chi connectivity index (χ3v) is 14.5. The van der Waals surface area contributed by atoms with Gasteiger partial charge in [0.15, 0.2) is 6.10 Å². The van der Waals surface area contributed by atoms with Gasteiger partial charge in [0.25, 0.3) is 0 Å². The zero-order valence-electron chi connectivity index (χ0n) is 50.1. The Bertz CT molecular complexity index is 1340. The molecule has 1 unspecified atom stereocenters. The summed E-state index contributed by atoms with van der Waals surface area (Å²) in [5.41, 5.74) is 0. The molecule has 0 saturated heterocycles. The topological polar surface area (TPSA) is 78.9 Å². The third kappa shape index (κ3) is 61.8. The molecule has 0 aliphatic rings. The van der Waals surface area contributed by atoms with Gasteiger partial charge < -0.3 is 14.2 Å². The van der Waals surface area contributed by atoms with Crippen LogP contribution < -0.4 is 0 Å². The summed E-state index contributed by atoms with van der Waals surface area (Å²) < 4.78 is 16.8. The van der Waals surface area contributed by atoms with Crippen LogP contribution in [0.1, 0.15) is 342 Å². The van der Waals surface area contributed by atoms with Crippen LogP contribution in [0.4, 0.5) is 0 Å². The Morgan fingerprint density at radius 3 is 0.800 bits per heavy atom. The number of carbonyl (C=O) groups excluding carboxylic acids is 3. The maximum absolute atomic E-state index is 12.8. The van der Waals surface area contributed by atoms with E-state index in [0.29, 0.717) is 19.3 Å². The minimum absolute atomic E-state index is 0.0935. The van der Waals surface area contributed by atoms with E-state index >= 15 is 0 Å². The number of esters is 3. The van der Waals surface area contributed by atoms with E-state index in [1.54, 1.807) is 0 Å². The van der Waals surface area contributed by atoms with E-state index in [0.717, 1.165) is 77.0 Å². The second-order valence-corrected chi connectivity index (χ2v) is 22.0. The molecule has 0 aromatic carbocycles. The van der Waals surface area contributed by atoms with Crippen molar-refractivity contribution >= 4 is 17.9 Å². The van der Waals surface area contributed by atoms with E-state index in [1.807, 2.05) is 0 Å². The summed E-state index contributed by atoms with van der Waals surface area (Å²) in [5.74, 6) is -0.946. The van der Waals surface area contributed by atoms with Crippen molar-refractivity contribution in [2.24, 2.45) is 0 Å². The van der Waals surface area contributed by atoms with Crippen molar-refractivity contribution in [1.82, 2.24) is 0 Å². The Kier molecular flexibility index (Phi) is 61.2. The molecule has 0 spiro atoms. The molecule has 0 fully saturated rings. The quantitative estimate of drug-likeness (QED) is 0.0261. The first kappa shape index (κ1) is 72.1. The minimum Gasteiger partial charge on any atom is -0.462 e. The van der Waals surface area contributed by atoms with Crippen LogP contribution in [0, 0.1) is 0 Å². The molecule has 0 aromatic heterocycles. The lowest BCUT2D eigenvalue weighted by Gasteiger charge is -2.18. The van der Waals surface area contributed by atoms with Gasteiger partial charge in [-0.15, -0.1) is 0 Å². The van der Waals surface area contributed by atoms with Crippen molar-refractivity contribution < 1.29 is 28.6 Å². The average molecular weight is 1050 g/mol. The number of allylic oxidation sites excluding steroid dienone is 10. The fourth-order valence-electron chi connectivity index (χ4n) is 9.66. The summed E-state index contributed by atoms with van der Waals surface area (Å²) in [4.78, 5) is 38.0. The van der Waals surface area contributed by atoms with Crippen molar-refractivity contribution in [1.29, 1.82) is 0 Å². The molecular weight excluding hydrogens is 925 g/mol. The van der Waals surface area contributed by atoms with E-state index in [-0.39, 0.29) is 37.5 Å². The van der Waals surface area contributed by atoms with Gasteiger partial charge in [-0.05, 0) is 57.8 Å². The first-order valence-corrected chi connectivity index (χ1v) is 32.8. The molecule has 0 aromatic rings. The maximum Gasteiger partial charge on any atom is 0.306 e. The summed E-state index contributed by atoms with van der Waals surface area (Å²) in [5, 5.41) is 0. The molecule has 0 aliphatic heterocycles. The molecule has 1 atom stereocenters. The molecule has 0 N–H and O–H groups in total. The van der Waals surface area contributed by atoms with Crippen LogP contribution in [-0.4, -0.2) is 37.2 Å². The predicted molar refractivity (Wildman–Crippen MR) is 325 cm³/mol. The van der Waals surface area contributed by atoms with E-state index in [2.05, 4.69) is 81.5 Å². The Balaban J connectivity index is 4.00. The second-order valence-electron chi connectivity index (χ2n) is 22.0. The minimum atomic E-state index is -0.800. The highest BCUT2D eigenvalue weighted by Crippen LogP contribution is 2.18. The van der Waals surface area contributed by atoms with E-state index in [4.69, 9.17) is 14.2 Å². The molecule has 0 saturated carbocycles. The molecule has 75 heavy (non-hydrogen) atoms. The van der Waals surface area contributed by atoms with Gasteiger partial charge in [0, 0.05) is 19.3 Å². The lowest BCUT2D eigenvalue weighted by Crippen LogP contribution is -2.30. The SMILES string of the molecule is CC/C=C\C/C=C\C/C=C\C/C=C\C/C=C\CCCC(=O)OC(COC(=O)CCCCCCCCC)COC(=O)CCCCCCCCCCCCCCCCCCCCCCCCCCCCCCCCCCC. The molecule has 0 aliphatic carbocycles. The number of hydrogen-bond acceptors (Lipinski definition) is 6. The van der Waals surface area contributed by atoms with Gasteiger partial charge in [-0.25, -0.2) is 0 Å². The molecule has 6 nitrogen and oxygen atoms in total. The highest BCUT2D eigenvalue weighted by Gasteiger charge is 2.19. The third-order valence-electron chi connectivity index (χ3n) is 14.5. The van der Waals surface area contributed by atoms with Crippen LogP contribution in [0.3, 0.4) is 0 Å². The van der Waals surface area contributed by atoms with Crippen molar-refractivity contribution in [3.8, 4) is 0 Å². The second kappa shape index (κ2) is 63.6. The smallest absolute Gasteiger partial charge is 0.306 e. The highest BCUT2D eigenvalue weighted by molar-refractivity contribution is 5.71. The fourth-order valence-corrected chi connectivity index (χ4v) is 9.66. The van der Waals surface area contributed by atoms with E-state index in [1.165, 1.54) is 218 Å². The molecule has 6 heteroatoms. The van der Waals surface area contributed by atoms with Gasteiger partial charge in [-0.3, -0.25) is 14.4 Å². The lowest BCUT2D eigenvalue weighted by atomic mass is 10.0. The molecule has 0 bridgehead atoms. The largest absolute Gasteiger partial charge is 0.462 e. The Hall–Kier alpha value is -2.89. The number of ether oxygens (including phenoxy) is 3. The van der Waals surface area contributed by atoms with Gasteiger partial charge in [0.2, 0.25) is 0 Å². The van der Waals surface area contributed by atoms with Crippen molar-refractivity contribution in [2.75, 3.05) is 13.2 Å². The molecular formula is C69H124O6. The summed E-state index contributed by atoms with van der Waals surface area (Å²) in [6.07, 6.45) is 81.6. The Morgan fingerprint density at radius 2 is 0.520 bits per heavy atom. The molecule has 0 heterocycles. The van der Waals surface area contributed by atoms with E-state index < -0.39 is 6.10 Å². The molecule has 0 amide bonds. The van der Waals surface area contributed by atoms with E-state index in [9.17, 15) is 14.4 Å². The number of carbonyl (C=O) groups is 3. The molecule has 0 radical (unpaired) electrons. The predicted octanol–water partition coefficient (Wildman–Crippen LogP) is 22.3. The Labute approximate surface area is 466 Å². The monoisotopic (exact) mass is 1050 g/mol. The first-order chi connectivity index (χ1) is 37.0. The standard InChI is InChI=1S/C69H124O6/c1-4-7-10-13-16-18-20-22-24-26-27-28-29-30-31-32-33-34-35-36-37-38-39-40-41-43-44-46-48-50-53-56-59-62-68(71)74-65-66(64-73-67(70)61-58-55-52-15-12-9-6-3)75-69(72)63-60-57-54-51-49-47-45-42-25-23-21-19-17-14-11-8-5-2/h8,11,17,19,23,25,45,47,51,54,66H,4-7,9-10,12-16,18,20-22,24,26-44,46,48-50,52-53,55-65H2,1-3H3/b11-8-,19-17-,25-23-,47-45-,54-51-. The normalized spacial score (nSPS) is 12.4. The maximum atomic E-state index is 12.8. The number of unbranched alkanes of at least 4 members (excludes halogenated alkanes) is 39. The van der Waals surface area contributed by atoms with Crippen molar-refractivity contribution in [3.63, 3.8) is 0 Å². The van der Waals surface area contributed by atoms with Crippen molar-refractivity contribution in [3.05, 3.63) is 60.8 Å². The first-order valence-electron chi connectivity index (χ1n) is 32.8. The van der Waals surface area contributed by atoms with Crippen LogP contribution in [0.15, 0.2) is 60.8 Å². The number of rotatable bonds is 60. The van der Waals surface area contributed by atoms with Gasteiger partial charge in [-0.1, -0.05) is 326 Å². The van der Waals surface area contributed by atoms with Crippen molar-refractivity contribution in [2.45, 2.75) is 348 Å². The van der Waals surface area contributed by atoms with Crippen LogP contribution in [-0.2, 0) is 28.6 Å². The summed E-state index contributed by atoms with van der Waals surface area (Å²) >= 11 is 0. The molecule has 0 rings (SSSR count). The van der Waals surface area contributed by atoms with Gasteiger partial charge in [0.05, 0.1) is 0 Å². The zero-order valence-corrected chi connectivity index (χ0v) is 50.1. The average Bonchev–Trinajstić information content (AvgIpc) is 3.41. The van der Waals surface area contributed by atoms with Gasteiger partial charge >= 0.3 is 17.9 Å². The van der Waals surface area contributed by atoms with Crippen LogP contribution in [0.25, 0.3) is 0 Å². The van der Waals surface area contributed by atoms with Crippen LogP contribution in [0.5, 0.6) is 0 Å². The van der Waals surface area contributed by atoms with Gasteiger partial charge in [-0.2, -0.15) is 0 Å². The Morgan fingerprint density at radius 1 is 0.280 bits per heavy atom. The van der Waals surface area contributed by atoms with Gasteiger partial charge in [0.1, 0.15) is 13.2 Å². The fraction of sp³-hybridized carbons (Fsp3) is 0.812. The molecule has 436 valence electrons. The number of hydrogen-bond donors (Lipinski definition) is 0. The highest BCUT2D eigenvalue weighted by atomic mass is 16.6. The lowest BCUT2D eigenvalue weighted by molar-refractivity contribution is -0.167. The summed E-state index contributed by atoms with van der Waals surface area (Å²) in [7, 11) is 0. The zero-order chi connectivity index (χ0) is 54.3. The summed E-state index contributed by atoms with van der Waals surface area (Å²) in [6.45, 7) is 6.47. The summed E-state index contributed by atoms with van der Waals surface area (Å²) in [6, 6.07) is 0. The van der Waals surface area contributed by atoms with Crippen LogP contribution >= 0.6 is 0 Å². The van der Waals surface area contributed by atoms with Crippen LogP contribution in [0.2, 0.25) is 0 Å².